The van der Waals surface area contributed by atoms with Crippen LogP contribution in [0, 0.1) is 5.95 Å². The van der Waals surface area contributed by atoms with Crippen LogP contribution in [0.4, 0.5) is 4.39 Å². The van der Waals surface area contributed by atoms with Gasteiger partial charge in [0.1, 0.15) is 0 Å². The van der Waals surface area contributed by atoms with Crippen molar-refractivity contribution in [3.8, 4) is 11.1 Å². The van der Waals surface area contributed by atoms with E-state index in [4.69, 9.17) is 34.8 Å². The number of esters is 1. The standard InChI is InChI=1S/C13H7Cl3FNO2/c1-20-13(19)9-5-3-7(12(17)18-9)6-2-4-8(14)11(16)10(6)15/h2-5H,1H3. The lowest BCUT2D eigenvalue weighted by Crippen LogP contribution is -2.06. The van der Waals surface area contributed by atoms with Gasteiger partial charge in [-0.15, -0.1) is 0 Å². The molecule has 0 amide bonds. The maximum atomic E-state index is 14.0. The molecule has 0 saturated carbocycles. The third-order valence-electron chi connectivity index (χ3n) is 2.57. The zero-order valence-corrected chi connectivity index (χ0v) is 12.4. The molecule has 0 unspecified atom stereocenters. The van der Waals surface area contributed by atoms with Gasteiger partial charge in [-0.05, 0) is 18.2 Å². The number of carbonyl (C=O) groups is 1. The van der Waals surface area contributed by atoms with E-state index < -0.39 is 11.9 Å². The van der Waals surface area contributed by atoms with E-state index in [-0.39, 0.29) is 26.3 Å². The fourth-order valence-corrected chi connectivity index (χ4v) is 2.22. The Kier molecular flexibility index (Phi) is 4.48. The number of hydrogen-bond donors (Lipinski definition) is 0. The number of pyridine rings is 1. The van der Waals surface area contributed by atoms with Crippen molar-refractivity contribution >= 4 is 40.8 Å². The summed E-state index contributed by atoms with van der Waals surface area (Å²) in [7, 11) is 1.19. The molecule has 104 valence electrons. The highest BCUT2D eigenvalue weighted by Crippen LogP contribution is 2.38. The predicted octanol–water partition coefficient (Wildman–Crippen LogP) is 4.63. The molecule has 0 aliphatic heterocycles. The fourth-order valence-electron chi connectivity index (χ4n) is 1.59. The molecule has 0 bridgehead atoms. The van der Waals surface area contributed by atoms with Crippen LogP contribution >= 0.6 is 34.8 Å². The van der Waals surface area contributed by atoms with E-state index in [1.165, 1.54) is 31.4 Å². The molecule has 1 aromatic heterocycles. The van der Waals surface area contributed by atoms with Crippen molar-refractivity contribution in [2.45, 2.75) is 0 Å². The molecule has 0 radical (unpaired) electrons. The highest BCUT2D eigenvalue weighted by atomic mass is 35.5. The van der Waals surface area contributed by atoms with Crippen molar-refractivity contribution in [3.05, 3.63) is 51.0 Å². The molecule has 7 heteroatoms. The average Bonchev–Trinajstić information content (AvgIpc) is 2.45. The molecule has 1 aromatic carbocycles. The molecular formula is C13H7Cl3FNO2. The van der Waals surface area contributed by atoms with Gasteiger partial charge in [-0.1, -0.05) is 40.9 Å². The molecule has 0 atom stereocenters. The molecular weight excluding hydrogens is 328 g/mol. The molecule has 0 saturated heterocycles. The van der Waals surface area contributed by atoms with E-state index in [1.54, 1.807) is 0 Å². The maximum absolute atomic E-state index is 14.0. The van der Waals surface area contributed by atoms with Crippen LogP contribution in [0.5, 0.6) is 0 Å². The van der Waals surface area contributed by atoms with Crippen molar-refractivity contribution in [2.24, 2.45) is 0 Å². The van der Waals surface area contributed by atoms with E-state index in [9.17, 15) is 9.18 Å². The van der Waals surface area contributed by atoms with Crippen molar-refractivity contribution in [1.82, 2.24) is 4.98 Å². The van der Waals surface area contributed by atoms with Crippen molar-refractivity contribution < 1.29 is 13.9 Å². The second kappa shape index (κ2) is 5.95. The first-order chi connectivity index (χ1) is 9.45. The van der Waals surface area contributed by atoms with Crippen LogP contribution in [0.1, 0.15) is 10.5 Å². The number of methoxy groups -OCH3 is 1. The highest BCUT2D eigenvalue weighted by molar-refractivity contribution is 6.49. The van der Waals surface area contributed by atoms with Crippen LogP contribution in [0.3, 0.4) is 0 Å². The summed E-state index contributed by atoms with van der Waals surface area (Å²) in [6, 6.07) is 5.73. The summed E-state index contributed by atoms with van der Waals surface area (Å²) < 4.78 is 18.5. The van der Waals surface area contributed by atoms with Gasteiger partial charge in [0.25, 0.3) is 0 Å². The summed E-state index contributed by atoms with van der Waals surface area (Å²) in [6.45, 7) is 0. The van der Waals surface area contributed by atoms with Gasteiger partial charge in [-0.2, -0.15) is 4.39 Å². The van der Waals surface area contributed by atoms with Gasteiger partial charge in [0.05, 0.1) is 22.2 Å². The summed E-state index contributed by atoms with van der Waals surface area (Å²) in [5, 5.41) is 0.507. The first-order valence-electron chi connectivity index (χ1n) is 5.34. The Labute approximate surface area is 129 Å². The Bertz CT molecular complexity index is 692. The van der Waals surface area contributed by atoms with E-state index in [0.717, 1.165) is 0 Å². The van der Waals surface area contributed by atoms with Crippen molar-refractivity contribution in [1.29, 1.82) is 0 Å². The third kappa shape index (κ3) is 2.73. The summed E-state index contributed by atoms with van der Waals surface area (Å²) in [4.78, 5) is 14.8. The van der Waals surface area contributed by atoms with Crippen molar-refractivity contribution in [3.63, 3.8) is 0 Å². The first-order valence-corrected chi connectivity index (χ1v) is 6.47. The second-order valence-corrected chi connectivity index (χ2v) is 4.91. The van der Waals surface area contributed by atoms with Crippen LogP contribution in [-0.4, -0.2) is 18.1 Å². The number of rotatable bonds is 2. The lowest BCUT2D eigenvalue weighted by molar-refractivity contribution is 0.0592. The van der Waals surface area contributed by atoms with Gasteiger partial charge in [0, 0.05) is 11.1 Å². The van der Waals surface area contributed by atoms with Crippen LogP contribution in [0.2, 0.25) is 15.1 Å². The molecule has 0 N–H and O–H groups in total. The molecule has 3 nitrogen and oxygen atoms in total. The zero-order chi connectivity index (χ0) is 14.9. The van der Waals surface area contributed by atoms with E-state index in [0.29, 0.717) is 5.56 Å². The van der Waals surface area contributed by atoms with Crippen LogP contribution in [-0.2, 0) is 4.74 Å². The lowest BCUT2D eigenvalue weighted by Gasteiger charge is -2.08. The molecule has 0 aliphatic rings. The Hall–Kier alpha value is -1.36. The van der Waals surface area contributed by atoms with Gasteiger partial charge in [0.2, 0.25) is 5.95 Å². The summed E-state index contributed by atoms with van der Waals surface area (Å²) in [5.41, 5.74) is 0.314. The van der Waals surface area contributed by atoms with Crippen LogP contribution in [0.25, 0.3) is 11.1 Å². The minimum Gasteiger partial charge on any atom is -0.464 e. The number of benzene rings is 1. The summed E-state index contributed by atoms with van der Waals surface area (Å²) in [5.74, 6) is -1.58. The number of nitrogens with zero attached hydrogens (tertiary/aromatic N) is 1. The number of hydrogen-bond acceptors (Lipinski definition) is 3. The molecule has 0 fully saturated rings. The Morgan fingerprint density at radius 2 is 1.75 bits per heavy atom. The number of halogens is 4. The molecule has 0 spiro atoms. The topological polar surface area (TPSA) is 39.2 Å². The van der Waals surface area contributed by atoms with E-state index in [2.05, 4.69) is 9.72 Å². The Balaban J connectivity index is 2.55. The molecule has 0 aliphatic carbocycles. The van der Waals surface area contributed by atoms with E-state index >= 15 is 0 Å². The molecule has 1 heterocycles. The largest absolute Gasteiger partial charge is 0.464 e. The number of ether oxygens (including phenoxy) is 1. The Morgan fingerprint density at radius 3 is 2.35 bits per heavy atom. The van der Waals surface area contributed by atoms with Gasteiger partial charge < -0.3 is 4.74 Å². The normalized spacial score (nSPS) is 10.4. The summed E-state index contributed by atoms with van der Waals surface area (Å²) in [6.07, 6.45) is 0. The van der Waals surface area contributed by atoms with Crippen LogP contribution < -0.4 is 0 Å². The lowest BCUT2D eigenvalue weighted by atomic mass is 10.1. The minimum absolute atomic E-state index is 0.112. The Morgan fingerprint density at radius 1 is 1.10 bits per heavy atom. The molecule has 20 heavy (non-hydrogen) atoms. The fraction of sp³-hybridized carbons (Fsp3) is 0.0769. The average molecular weight is 335 g/mol. The predicted molar refractivity (Wildman–Crippen MR) is 76.0 cm³/mol. The van der Waals surface area contributed by atoms with E-state index in [1.807, 2.05) is 0 Å². The number of aromatic nitrogens is 1. The second-order valence-electron chi connectivity index (χ2n) is 3.75. The molecule has 2 rings (SSSR count). The van der Waals surface area contributed by atoms with Gasteiger partial charge in [0.15, 0.2) is 5.69 Å². The maximum Gasteiger partial charge on any atom is 0.356 e. The monoisotopic (exact) mass is 333 g/mol. The van der Waals surface area contributed by atoms with Gasteiger partial charge >= 0.3 is 5.97 Å². The first kappa shape index (κ1) is 15.0. The SMILES string of the molecule is COC(=O)c1ccc(-c2ccc(Cl)c(Cl)c2Cl)c(F)n1. The smallest absolute Gasteiger partial charge is 0.356 e. The number of carbonyl (C=O) groups excluding carboxylic acids is 1. The van der Waals surface area contributed by atoms with Gasteiger partial charge in [-0.3, -0.25) is 0 Å². The van der Waals surface area contributed by atoms with Crippen LogP contribution in [0.15, 0.2) is 24.3 Å². The summed E-state index contributed by atoms with van der Waals surface area (Å²) >= 11 is 17.8. The molecule has 2 aromatic rings. The third-order valence-corrected chi connectivity index (χ3v) is 3.86. The zero-order valence-electron chi connectivity index (χ0n) is 10.1. The highest BCUT2D eigenvalue weighted by Gasteiger charge is 2.17. The van der Waals surface area contributed by atoms with Gasteiger partial charge in [-0.25, -0.2) is 9.78 Å². The minimum atomic E-state index is -0.854. The quantitative estimate of drug-likeness (QED) is 0.456. The van der Waals surface area contributed by atoms with Crippen molar-refractivity contribution in [2.75, 3.05) is 7.11 Å².